The van der Waals surface area contributed by atoms with E-state index in [1.54, 1.807) is 23.7 Å². The van der Waals surface area contributed by atoms with Gasteiger partial charge >= 0.3 is 0 Å². The minimum atomic E-state index is -0.000395. The second-order valence-electron chi connectivity index (χ2n) is 6.56. The van der Waals surface area contributed by atoms with Crippen LogP contribution in [0.15, 0.2) is 24.5 Å². The van der Waals surface area contributed by atoms with Gasteiger partial charge in [0.25, 0.3) is 0 Å². The van der Waals surface area contributed by atoms with Crippen molar-refractivity contribution < 1.29 is 9.47 Å². The summed E-state index contributed by atoms with van der Waals surface area (Å²) < 4.78 is 12.0. The molecule has 0 N–H and O–H groups in total. The van der Waals surface area contributed by atoms with Gasteiger partial charge in [0.15, 0.2) is 0 Å². The van der Waals surface area contributed by atoms with Gasteiger partial charge in [-0.25, -0.2) is 0 Å². The van der Waals surface area contributed by atoms with E-state index in [-0.39, 0.29) is 5.60 Å². The van der Waals surface area contributed by atoms with E-state index in [0.717, 1.165) is 49.3 Å². The number of hydrogen-bond acceptors (Lipinski definition) is 7. The highest BCUT2D eigenvalue weighted by Gasteiger charge is 2.53. The molecule has 0 aliphatic carbocycles. The lowest BCUT2D eigenvalue weighted by Gasteiger charge is -2.50. The average molecular weight is 346 g/mol. The fourth-order valence-corrected chi connectivity index (χ4v) is 4.27. The first-order chi connectivity index (χ1) is 11.8. The first-order valence-corrected chi connectivity index (χ1v) is 9.22. The SMILES string of the molecule is Cc1nnc(N2CC3(C2)OCC[C@H]3CCOCc2ccncc2)s1. The van der Waals surface area contributed by atoms with Crippen molar-refractivity contribution >= 4 is 16.5 Å². The molecule has 0 radical (unpaired) electrons. The molecule has 128 valence electrons. The van der Waals surface area contributed by atoms with E-state index in [9.17, 15) is 0 Å². The Morgan fingerprint density at radius 1 is 1.33 bits per heavy atom. The quantitative estimate of drug-likeness (QED) is 0.749. The Morgan fingerprint density at radius 2 is 2.17 bits per heavy atom. The highest BCUT2D eigenvalue weighted by atomic mass is 32.1. The Kier molecular flexibility index (Phi) is 4.47. The Balaban J connectivity index is 1.25. The van der Waals surface area contributed by atoms with E-state index < -0.39 is 0 Å². The maximum Gasteiger partial charge on any atom is 0.208 e. The van der Waals surface area contributed by atoms with Crippen molar-refractivity contribution in [3.63, 3.8) is 0 Å². The highest BCUT2D eigenvalue weighted by Crippen LogP contribution is 2.43. The van der Waals surface area contributed by atoms with Gasteiger partial charge in [0, 0.05) is 25.6 Å². The number of rotatable bonds is 6. The van der Waals surface area contributed by atoms with Gasteiger partial charge in [-0.05, 0) is 43.4 Å². The number of ether oxygens (including phenoxy) is 2. The predicted octanol–water partition coefficient (Wildman–Crippen LogP) is 2.44. The van der Waals surface area contributed by atoms with Crippen LogP contribution in [0.4, 0.5) is 5.13 Å². The van der Waals surface area contributed by atoms with E-state index in [2.05, 4.69) is 20.1 Å². The van der Waals surface area contributed by atoms with Crippen molar-refractivity contribution in [2.45, 2.75) is 32.0 Å². The van der Waals surface area contributed by atoms with Crippen molar-refractivity contribution in [2.24, 2.45) is 5.92 Å². The Labute approximate surface area is 145 Å². The lowest BCUT2D eigenvalue weighted by Crippen LogP contribution is -2.65. The van der Waals surface area contributed by atoms with Gasteiger partial charge in [-0.3, -0.25) is 4.98 Å². The fraction of sp³-hybridized carbons (Fsp3) is 0.588. The van der Waals surface area contributed by atoms with E-state index in [1.807, 2.05) is 19.1 Å². The summed E-state index contributed by atoms with van der Waals surface area (Å²) in [6.07, 6.45) is 5.78. The zero-order valence-electron chi connectivity index (χ0n) is 13.9. The summed E-state index contributed by atoms with van der Waals surface area (Å²) in [5.41, 5.74) is 1.17. The second kappa shape index (κ2) is 6.74. The molecule has 0 aromatic carbocycles. The van der Waals surface area contributed by atoms with Crippen molar-refractivity contribution in [3.05, 3.63) is 35.1 Å². The molecule has 24 heavy (non-hydrogen) atoms. The smallest absolute Gasteiger partial charge is 0.208 e. The lowest BCUT2D eigenvalue weighted by atomic mass is 9.79. The monoisotopic (exact) mass is 346 g/mol. The van der Waals surface area contributed by atoms with Crippen LogP contribution in [0.1, 0.15) is 23.4 Å². The summed E-state index contributed by atoms with van der Waals surface area (Å²) in [5.74, 6) is 0.570. The molecule has 2 aliphatic rings. The summed E-state index contributed by atoms with van der Waals surface area (Å²) >= 11 is 1.65. The summed E-state index contributed by atoms with van der Waals surface area (Å²) in [6, 6.07) is 3.99. The fourth-order valence-electron chi connectivity index (χ4n) is 3.59. The van der Waals surface area contributed by atoms with Gasteiger partial charge in [0.1, 0.15) is 10.6 Å². The molecule has 0 saturated carbocycles. The molecule has 6 nitrogen and oxygen atoms in total. The van der Waals surface area contributed by atoms with Gasteiger partial charge in [-0.15, -0.1) is 10.2 Å². The molecule has 4 rings (SSSR count). The highest BCUT2D eigenvalue weighted by molar-refractivity contribution is 7.15. The Bertz CT molecular complexity index is 672. The van der Waals surface area contributed by atoms with Crippen molar-refractivity contribution in [1.82, 2.24) is 15.2 Å². The largest absolute Gasteiger partial charge is 0.377 e. The molecule has 0 unspecified atom stereocenters. The first kappa shape index (κ1) is 15.9. The summed E-state index contributed by atoms with van der Waals surface area (Å²) in [4.78, 5) is 6.30. The van der Waals surface area contributed by atoms with Crippen LogP contribution in [0.5, 0.6) is 0 Å². The van der Waals surface area contributed by atoms with Crippen molar-refractivity contribution in [3.8, 4) is 0 Å². The predicted molar refractivity (Wildman–Crippen MR) is 92.2 cm³/mol. The molecular formula is C17H22N4O2S. The molecule has 2 saturated heterocycles. The van der Waals surface area contributed by atoms with Crippen LogP contribution in [0.25, 0.3) is 0 Å². The summed E-state index contributed by atoms with van der Waals surface area (Å²) in [6.45, 7) is 6.13. The van der Waals surface area contributed by atoms with Crippen LogP contribution >= 0.6 is 11.3 Å². The average Bonchev–Trinajstić information content (AvgIpc) is 3.17. The third-order valence-corrected chi connectivity index (χ3v) is 5.83. The number of aromatic nitrogens is 3. The van der Waals surface area contributed by atoms with E-state index in [1.165, 1.54) is 5.56 Å². The van der Waals surface area contributed by atoms with Gasteiger partial charge in [0.2, 0.25) is 5.13 Å². The maximum absolute atomic E-state index is 6.11. The number of pyridine rings is 1. The minimum absolute atomic E-state index is 0.000395. The van der Waals surface area contributed by atoms with Crippen LogP contribution in [0.2, 0.25) is 0 Å². The molecule has 2 aromatic heterocycles. The third-order valence-electron chi connectivity index (χ3n) is 4.93. The van der Waals surface area contributed by atoms with Gasteiger partial charge in [0.05, 0.1) is 19.7 Å². The normalized spacial score (nSPS) is 22.0. The second-order valence-corrected chi connectivity index (χ2v) is 7.72. The molecule has 0 amide bonds. The minimum Gasteiger partial charge on any atom is -0.377 e. The number of aryl methyl sites for hydroxylation is 1. The van der Waals surface area contributed by atoms with E-state index in [0.29, 0.717) is 12.5 Å². The zero-order chi connectivity index (χ0) is 16.4. The number of hydrogen-bond donors (Lipinski definition) is 0. The van der Waals surface area contributed by atoms with Crippen molar-refractivity contribution in [1.29, 1.82) is 0 Å². The molecule has 1 spiro atoms. The van der Waals surface area contributed by atoms with E-state index in [4.69, 9.17) is 9.47 Å². The molecule has 2 fully saturated rings. The molecule has 2 aliphatic heterocycles. The lowest BCUT2D eigenvalue weighted by molar-refractivity contribution is -0.0509. The molecular weight excluding hydrogens is 324 g/mol. The maximum atomic E-state index is 6.11. The van der Waals surface area contributed by atoms with E-state index >= 15 is 0 Å². The van der Waals surface area contributed by atoms with Gasteiger partial charge < -0.3 is 14.4 Å². The van der Waals surface area contributed by atoms with Gasteiger partial charge in [-0.1, -0.05) is 11.3 Å². The van der Waals surface area contributed by atoms with Crippen LogP contribution in [0.3, 0.4) is 0 Å². The molecule has 7 heteroatoms. The van der Waals surface area contributed by atoms with Crippen molar-refractivity contribution in [2.75, 3.05) is 31.2 Å². The zero-order valence-corrected chi connectivity index (χ0v) is 14.7. The number of anilines is 1. The molecule has 1 atom stereocenters. The molecule has 4 heterocycles. The van der Waals surface area contributed by atoms with Crippen LogP contribution in [-0.4, -0.2) is 47.1 Å². The van der Waals surface area contributed by atoms with Gasteiger partial charge in [-0.2, -0.15) is 0 Å². The van der Waals surface area contributed by atoms with Crippen LogP contribution in [-0.2, 0) is 16.1 Å². The Hall–Kier alpha value is -1.57. The summed E-state index contributed by atoms with van der Waals surface area (Å²) in [5, 5.41) is 10.4. The van der Waals surface area contributed by atoms with Crippen LogP contribution < -0.4 is 4.90 Å². The van der Waals surface area contributed by atoms with Crippen LogP contribution in [0, 0.1) is 12.8 Å². The molecule has 0 bridgehead atoms. The first-order valence-electron chi connectivity index (χ1n) is 8.41. The Morgan fingerprint density at radius 3 is 2.92 bits per heavy atom. The standard InChI is InChI=1S/C17H22N4O2S/c1-13-19-20-16(24-13)21-11-17(12-21)15(5-9-23-17)4-8-22-10-14-2-6-18-7-3-14/h2-3,6-7,15H,4-5,8-12H2,1H3/t15-/m1/s1. The summed E-state index contributed by atoms with van der Waals surface area (Å²) in [7, 11) is 0. The molecule has 2 aromatic rings. The number of nitrogens with zero attached hydrogens (tertiary/aromatic N) is 4. The third kappa shape index (κ3) is 3.16. The topological polar surface area (TPSA) is 60.4 Å².